The number of hydrogen-bond donors (Lipinski definition) is 2. The van der Waals surface area contributed by atoms with Gasteiger partial charge in [-0.3, -0.25) is 0 Å². The van der Waals surface area contributed by atoms with Crippen LogP contribution in [0.1, 0.15) is 51.4 Å². The second-order valence-electron chi connectivity index (χ2n) is 6.97. The van der Waals surface area contributed by atoms with E-state index in [-0.39, 0.29) is 0 Å². The topological polar surface area (TPSA) is 48.4 Å². The van der Waals surface area contributed by atoms with E-state index in [0.29, 0.717) is 6.04 Å². The first kappa shape index (κ1) is 15.8. The Morgan fingerprint density at radius 2 is 1.86 bits per heavy atom. The first-order valence-corrected chi connectivity index (χ1v) is 8.87. The molecule has 0 bridgehead atoms. The highest BCUT2D eigenvalue weighted by atomic mass is 16.3. The van der Waals surface area contributed by atoms with Crippen LogP contribution < -0.4 is 10.2 Å². The highest BCUT2D eigenvalue weighted by Gasteiger charge is 2.29. The number of aliphatic hydroxyl groups is 1. The molecule has 0 aromatic carbocycles. The predicted molar refractivity (Wildman–Crippen MR) is 90.1 cm³/mol. The van der Waals surface area contributed by atoms with Gasteiger partial charge in [-0.1, -0.05) is 31.7 Å². The monoisotopic (exact) mass is 303 g/mol. The number of anilines is 1. The van der Waals surface area contributed by atoms with E-state index in [4.69, 9.17) is 0 Å². The highest BCUT2D eigenvalue weighted by Crippen LogP contribution is 2.27. The molecule has 0 radical (unpaired) electrons. The van der Waals surface area contributed by atoms with Crippen LogP contribution >= 0.6 is 0 Å². The van der Waals surface area contributed by atoms with Gasteiger partial charge in [0, 0.05) is 31.9 Å². The minimum absolute atomic E-state index is 0.464. The molecule has 122 valence electrons. The molecule has 0 atom stereocenters. The molecule has 1 saturated heterocycles. The number of nitrogens with one attached hydrogen (secondary N) is 1. The average Bonchev–Trinajstić information content (AvgIpc) is 2.79. The van der Waals surface area contributed by atoms with Crippen molar-refractivity contribution >= 4 is 5.82 Å². The van der Waals surface area contributed by atoms with Crippen LogP contribution in [0, 0.1) is 0 Å². The molecule has 0 unspecified atom stereocenters. The van der Waals surface area contributed by atoms with Crippen molar-refractivity contribution < 1.29 is 5.11 Å². The molecule has 1 aromatic rings. The van der Waals surface area contributed by atoms with E-state index in [0.717, 1.165) is 51.1 Å². The normalized spacial score (nSPS) is 23.2. The third kappa shape index (κ3) is 4.20. The summed E-state index contributed by atoms with van der Waals surface area (Å²) < 4.78 is 0. The zero-order chi connectivity index (χ0) is 15.3. The summed E-state index contributed by atoms with van der Waals surface area (Å²) in [4.78, 5) is 6.79. The number of nitrogens with zero attached hydrogens (tertiary/aromatic N) is 2. The van der Waals surface area contributed by atoms with Gasteiger partial charge in [-0.15, -0.1) is 0 Å². The molecule has 4 nitrogen and oxygen atoms in total. The standard InChI is InChI=1S/C18H29N3O/c22-18(10-4-1-2-5-11-18)15-20-16-8-13-21(14-9-16)17-7-3-6-12-19-17/h3,6-7,12,16,20,22H,1-2,4-5,8-11,13-15H2. The van der Waals surface area contributed by atoms with Gasteiger partial charge in [0.2, 0.25) is 0 Å². The number of pyridine rings is 1. The van der Waals surface area contributed by atoms with Crippen LogP contribution in [0.2, 0.25) is 0 Å². The molecule has 1 aliphatic carbocycles. The second kappa shape index (κ2) is 7.42. The lowest BCUT2D eigenvalue weighted by molar-refractivity contribution is 0.0220. The predicted octanol–water partition coefficient (Wildman–Crippen LogP) is 2.73. The molecule has 22 heavy (non-hydrogen) atoms. The molecule has 1 aliphatic heterocycles. The summed E-state index contributed by atoms with van der Waals surface area (Å²) in [6.07, 6.45) is 11.0. The summed E-state index contributed by atoms with van der Waals surface area (Å²) in [6, 6.07) is 6.63. The zero-order valence-electron chi connectivity index (χ0n) is 13.5. The summed E-state index contributed by atoms with van der Waals surface area (Å²) in [5, 5.41) is 14.4. The van der Waals surface area contributed by atoms with Crippen LogP contribution in [-0.2, 0) is 0 Å². The van der Waals surface area contributed by atoms with Crippen LogP contribution in [0.25, 0.3) is 0 Å². The van der Waals surface area contributed by atoms with Gasteiger partial charge in [0.1, 0.15) is 5.82 Å². The van der Waals surface area contributed by atoms with E-state index >= 15 is 0 Å². The SMILES string of the molecule is OC1(CNC2CCN(c3ccccn3)CC2)CCCCCC1. The van der Waals surface area contributed by atoms with Crippen molar-refractivity contribution in [3.63, 3.8) is 0 Å². The lowest BCUT2D eigenvalue weighted by Crippen LogP contribution is -2.48. The van der Waals surface area contributed by atoms with E-state index in [1.807, 2.05) is 18.3 Å². The van der Waals surface area contributed by atoms with Crippen molar-refractivity contribution in [2.75, 3.05) is 24.5 Å². The summed E-state index contributed by atoms with van der Waals surface area (Å²) in [5.41, 5.74) is -0.464. The van der Waals surface area contributed by atoms with Crippen LogP contribution in [0.4, 0.5) is 5.82 Å². The van der Waals surface area contributed by atoms with Crippen molar-refractivity contribution in [1.29, 1.82) is 0 Å². The molecule has 1 aromatic heterocycles. The minimum atomic E-state index is -0.464. The fraction of sp³-hybridized carbons (Fsp3) is 0.722. The molecule has 2 N–H and O–H groups in total. The van der Waals surface area contributed by atoms with E-state index in [1.165, 1.54) is 25.7 Å². The molecule has 4 heteroatoms. The van der Waals surface area contributed by atoms with Crippen molar-refractivity contribution in [2.24, 2.45) is 0 Å². The summed E-state index contributed by atoms with van der Waals surface area (Å²) in [6.45, 7) is 2.86. The molecule has 3 rings (SSSR count). The largest absolute Gasteiger partial charge is 0.389 e. The maximum atomic E-state index is 10.7. The van der Waals surface area contributed by atoms with Gasteiger partial charge in [-0.2, -0.15) is 0 Å². The molecule has 0 spiro atoms. The number of aromatic nitrogens is 1. The van der Waals surface area contributed by atoms with Gasteiger partial charge in [0.15, 0.2) is 0 Å². The summed E-state index contributed by atoms with van der Waals surface area (Å²) in [7, 11) is 0. The molecule has 2 fully saturated rings. The molecule has 1 saturated carbocycles. The third-order valence-corrected chi connectivity index (χ3v) is 5.22. The first-order chi connectivity index (χ1) is 10.8. The van der Waals surface area contributed by atoms with Gasteiger partial charge in [-0.25, -0.2) is 4.98 Å². The maximum Gasteiger partial charge on any atom is 0.128 e. The second-order valence-corrected chi connectivity index (χ2v) is 6.97. The van der Waals surface area contributed by atoms with Crippen LogP contribution in [0.5, 0.6) is 0 Å². The zero-order valence-corrected chi connectivity index (χ0v) is 13.5. The van der Waals surface area contributed by atoms with Gasteiger partial charge >= 0.3 is 0 Å². The highest BCUT2D eigenvalue weighted by molar-refractivity contribution is 5.38. The third-order valence-electron chi connectivity index (χ3n) is 5.22. The van der Waals surface area contributed by atoms with Gasteiger partial charge in [0.05, 0.1) is 5.60 Å². The molecular weight excluding hydrogens is 274 g/mol. The Morgan fingerprint density at radius 1 is 1.14 bits per heavy atom. The Bertz CT molecular complexity index is 435. The summed E-state index contributed by atoms with van der Waals surface area (Å²) in [5.74, 6) is 1.09. The van der Waals surface area contributed by atoms with E-state index in [1.54, 1.807) is 0 Å². The van der Waals surface area contributed by atoms with Crippen molar-refractivity contribution in [3.05, 3.63) is 24.4 Å². The Balaban J connectivity index is 1.44. The van der Waals surface area contributed by atoms with Crippen molar-refractivity contribution in [3.8, 4) is 0 Å². The Kier molecular flexibility index (Phi) is 5.32. The fourth-order valence-corrected chi connectivity index (χ4v) is 3.75. The maximum absolute atomic E-state index is 10.7. The number of rotatable bonds is 4. The summed E-state index contributed by atoms with van der Waals surface area (Å²) >= 11 is 0. The quantitative estimate of drug-likeness (QED) is 0.840. The Hall–Kier alpha value is -1.13. The van der Waals surface area contributed by atoms with E-state index in [9.17, 15) is 5.11 Å². The van der Waals surface area contributed by atoms with Gasteiger partial charge in [-0.05, 0) is 37.8 Å². The number of hydrogen-bond acceptors (Lipinski definition) is 4. The molecule has 2 aliphatic rings. The lowest BCUT2D eigenvalue weighted by Gasteiger charge is -2.35. The average molecular weight is 303 g/mol. The lowest BCUT2D eigenvalue weighted by atomic mass is 9.93. The molecule has 0 amide bonds. The Morgan fingerprint density at radius 3 is 2.50 bits per heavy atom. The first-order valence-electron chi connectivity index (χ1n) is 8.87. The van der Waals surface area contributed by atoms with Gasteiger partial charge in [0.25, 0.3) is 0 Å². The molecular formula is C18H29N3O. The Labute approximate surface area is 133 Å². The van der Waals surface area contributed by atoms with Crippen LogP contribution in [0.3, 0.4) is 0 Å². The van der Waals surface area contributed by atoms with Crippen molar-refractivity contribution in [1.82, 2.24) is 10.3 Å². The van der Waals surface area contributed by atoms with Crippen LogP contribution in [-0.4, -0.2) is 41.4 Å². The minimum Gasteiger partial charge on any atom is -0.389 e. The van der Waals surface area contributed by atoms with Gasteiger partial charge < -0.3 is 15.3 Å². The van der Waals surface area contributed by atoms with E-state index in [2.05, 4.69) is 21.3 Å². The van der Waals surface area contributed by atoms with Crippen LogP contribution in [0.15, 0.2) is 24.4 Å². The molecule has 2 heterocycles. The fourth-order valence-electron chi connectivity index (χ4n) is 3.75. The van der Waals surface area contributed by atoms with E-state index < -0.39 is 5.60 Å². The van der Waals surface area contributed by atoms with Crippen molar-refractivity contribution in [2.45, 2.75) is 63.0 Å². The number of piperidine rings is 1. The smallest absolute Gasteiger partial charge is 0.128 e.